The second-order valence-electron chi connectivity index (χ2n) is 9.31. The van der Waals surface area contributed by atoms with Crippen LogP contribution in [0.25, 0.3) is 0 Å². The summed E-state index contributed by atoms with van der Waals surface area (Å²) in [5, 5.41) is 4.02. The lowest BCUT2D eigenvalue weighted by molar-refractivity contribution is -0.140. The quantitative estimate of drug-likeness (QED) is 0.247. The molecule has 0 aliphatic heterocycles. The summed E-state index contributed by atoms with van der Waals surface area (Å²) in [6.45, 7) is 5.09. The first-order valence-corrected chi connectivity index (χ1v) is 15.4. The number of sulfonamides is 1. The van der Waals surface area contributed by atoms with E-state index in [-0.39, 0.29) is 29.1 Å². The lowest BCUT2D eigenvalue weighted by Gasteiger charge is -2.33. The van der Waals surface area contributed by atoms with Gasteiger partial charge in [-0.1, -0.05) is 72.9 Å². The number of halogens is 3. The molecule has 0 saturated heterocycles. The summed E-state index contributed by atoms with van der Waals surface area (Å²) in [5.41, 5.74) is 0.898. The fraction of sp³-hybridized carbons (Fsp3) is 0.310. The Kier molecular flexibility index (Phi) is 11.3. The average Bonchev–Trinajstić information content (AvgIpc) is 2.94. The largest absolute Gasteiger partial charge is 0.352 e. The number of hydrogen-bond donors (Lipinski definition) is 1. The molecule has 0 unspecified atom stereocenters. The molecule has 0 fully saturated rings. The summed E-state index contributed by atoms with van der Waals surface area (Å²) in [6.07, 6.45) is 1.02. The van der Waals surface area contributed by atoms with E-state index in [0.717, 1.165) is 4.31 Å². The molecule has 0 saturated carbocycles. The van der Waals surface area contributed by atoms with E-state index in [1.54, 1.807) is 55.5 Å². The second-order valence-corrected chi connectivity index (χ2v) is 12.4. The van der Waals surface area contributed by atoms with Crippen LogP contribution in [0, 0.1) is 0 Å². The van der Waals surface area contributed by atoms with Gasteiger partial charge in [0.25, 0.3) is 10.0 Å². The average molecular weight is 625 g/mol. The van der Waals surface area contributed by atoms with Crippen LogP contribution in [0.4, 0.5) is 5.69 Å². The smallest absolute Gasteiger partial charge is 0.264 e. The second kappa shape index (κ2) is 14.2. The first-order valence-electron chi connectivity index (χ1n) is 12.8. The monoisotopic (exact) mass is 623 g/mol. The zero-order chi connectivity index (χ0) is 29.4. The molecule has 11 heteroatoms. The van der Waals surface area contributed by atoms with E-state index in [0.29, 0.717) is 33.5 Å². The maximum Gasteiger partial charge on any atom is 0.264 e. The molecule has 0 aliphatic carbocycles. The van der Waals surface area contributed by atoms with Crippen molar-refractivity contribution in [2.45, 2.75) is 57.1 Å². The van der Waals surface area contributed by atoms with Crippen LogP contribution in [-0.2, 0) is 26.2 Å². The predicted molar refractivity (Wildman–Crippen MR) is 161 cm³/mol. The Morgan fingerprint density at radius 1 is 0.875 bits per heavy atom. The summed E-state index contributed by atoms with van der Waals surface area (Å²) in [4.78, 5) is 28.8. The maximum absolute atomic E-state index is 14.0. The Balaban J connectivity index is 2.06. The number of carbonyl (C=O) groups is 2. The van der Waals surface area contributed by atoms with Crippen molar-refractivity contribution in [3.05, 3.63) is 93.4 Å². The maximum atomic E-state index is 14.0. The minimum Gasteiger partial charge on any atom is -0.352 e. The molecule has 0 bridgehead atoms. The van der Waals surface area contributed by atoms with Gasteiger partial charge < -0.3 is 10.2 Å². The number of benzene rings is 3. The summed E-state index contributed by atoms with van der Waals surface area (Å²) in [5.74, 6) is -0.888. The van der Waals surface area contributed by atoms with Gasteiger partial charge in [-0.15, -0.1) is 0 Å². The SMILES string of the molecule is CC[C@@H](C)NC(=O)[C@H](CC)N(Cc1ccc(Cl)c(Cl)c1)C(=O)CN(c1ccc(Cl)cc1)S(=O)(=O)c1ccccc1. The van der Waals surface area contributed by atoms with Gasteiger partial charge in [0.05, 0.1) is 20.6 Å². The fourth-order valence-corrected chi connectivity index (χ4v) is 5.93. The van der Waals surface area contributed by atoms with E-state index in [4.69, 9.17) is 34.8 Å². The van der Waals surface area contributed by atoms with Gasteiger partial charge >= 0.3 is 0 Å². The van der Waals surface area contributed by atoms with Gasteiger partial charge in [0.1, 0.15) is 12.6 Å². The normalized spacial score (nSPS) is 12.8. The number of nitrogens with one attached hydrogen (secondary N) is 1. The van der Waals surface area contributed by atoms with Gasteiger partial charge in [-0.3, -0.25) is 13.9 Å². The lowest BCUT2D eigenvalue weighted by atomic mass is 10.1. The highest BCUT2D eigenvalue weighted by molar-refractivity contribution is 7.92. The Bertz CT molecular complexity index is 1420. The highest BCUT2D eigenvalue weighted by Gasteiger charge is 2.34. The van der Waals surface area contributed by atoms with Crippen molar-refractivity contribution in [3.63, 3.8) is 0 Å². The molecule has 2 atom stereocenters. The van der Waals surface area contributed by atoms with Crippen LogP contribution in [0.1, 0.15) is 39.2 Å². The molecule has 0 spiro atoms. The third-order valence-corrected chi connectivity index (χ3v) is 9.23. The Morgan fingerprint density at radius 3 is 2.10 bits per heavy atom. The molecule has 3 aromatic rings. The molecule has 2 amide bonds. The first-order chi connectivity index (χ1) is 19.0. The third-order valence-electron chi connectivity index (χ3n) is 6.45. The zero-order valence-electron chi connectivity index (χ0n) is 22.5. The molecule has 1 N–H and O–H groups in total. The Hall–Kier alpha value is -2.78. The summed E-state index contributed by atoms with van der Waals surface area (Å²) in [7, 11) is -4.15. The number of anilines is 1. The van der Waals surface area contributed by atoms with Crippen LogP contribution in [0.2, 0.25) is 15.1 Å². The van der Waals surface area contributed by atoms with Crippen molar-refractivity contribution >= 4 is 62.3 Å². The summed E-state index contributed by atoms with van der Waals surface area (Å²) < 4.78 is 28.6. The number of nitrogens with zero attached hydrogens (tertiary/aromatic N) is 2. The number of rotatable bonds is 12. The zero-order valence-corrected chi connectivity index (χ0v) is 25.6. The van der Waals surface area contributed by atoms with E-state index >= 15 is 0 Å². The number of amides is 2. The highest BCUT2D eigenvalue weighted by atomic mass is 35.5. The van der Waals surface area contributed by atoms with Gasteiger partial charge in [0, 0.05) is 17.6 Å². The predicted octanol–water partition coefficient (Wildman–Crippen LogP) is 6.56. The van der Waals surface area contributed by atoms with Crippen molar-refractivity contribution in [1.82, 2.24) is 10.2 Å². The molecule has 0 aliphatic rings. The molecule has 214 valence electrons. The van der Waals surface area contributed by atoms with Crippen molar-refractivity contribution < 1.29 is 18.0 Å². The van der Waals surface area contributed by atoms with Gasteiger partial charge in [-0.2, -0.15) is 0 Å². The summed E-state index contributed by atoms with van der Waals surface area (Å²) in [6, 6.07) is 18.0. The number of carbonyl (C=O) groups excluding carboxylic acids is 2. The summed E-state index contributed by atoms with van der Waals surface area (Å²) >= 11 is 18.4. The third kappa shape index (κ3) is 7.91. The molecule has 40 heavy (non-hydrogen) atoms. The Labute approximate surface area is 251 Å². The van der Waals surface area contributed by atoms with Gasteiger partial charge in [-0.25, -0.2) is 8.42 Å². The molecule has 0 aromatic heterocycles. The minimum absolute atomic E-state index is 0.0159. The lowest BCUT2D eigenvalue weighted by Crippen LogP contribution is -2.53. The topological polar surface area (TPSA) is 86.8 Å². The first kappa shape index (κ1) is 31.7. The van der Waals surface area contributed by atoms with Gasteiger partial charge in [0.15, 0.2) is 0 Å². The van der Waals surface area contributed by atoms with E-state index in [1.807, 2.05) is 13.8 Å². The molecular weight excluding hydrogens is 593 g/mol. The highest BCUT2D eigenvalue weighted by Crippen LogP contribution is 2.27. The van der Waals surface area contributed by atoms with Crippen molar-refractivity contribution in [2.75, 3.05) is 10.8 Å². The van der Waals surface area contributed by atoms with Crippen LogP contribution in [0.5, 0.6) is 0 Å². The van der Waals surface area contributed by atoms with Crippen LogP contribution in [0.15, 0.2) is 77.7 Å². The number of hydrogen-bond acceptors (Lipinski definition) is 4. The van der Waals surface area contributed by atoms with Crippen LogP contribution in [0.3, 0.4) is 0 Å². The van der Waals surface area contributed by atoms with Crippen LogP contribution < -0.4 is 9.62 Å². The molecular formula is C29H32Cl3N3O4S. The minimum atomic E-state index is -4.15. The molecule has 7 nitrogen and oxygen atoms in total. The molecule has 0 radical (unpaired) electrons. The van der Waals surface area contributed by atoms with E-state index in [9.17, 15) is 18.0 Å². The van der Waals surface area contributed by atoms with Gasteiger partial charge in [-0.05, 0) is 73.9 Å². The van der Waals surface area contributed by atoms with E-state index in [1.165, 1.54) is 29.2 Å². The van der Waals surface area contributed by atoms with E-state index in [2.05, 4.69) is 5.32 Å². The standard InChI is InChI=1S/C29H32Cl3N3O4S/c1-4-20(3)33-29(37)27(5-2)34(18-21-11-16-25(31)26(32)17-21)28(36)19-35(23-14-12-22(30)13-15-23)40(38,39)24-9-7-6-8-10-24/h6-17,20,27H,4-5,18-19H2,1-3H3,(H,33,37)/t20-,27+/m1/s1. The van der Waals surface area contributed by atoms with Crippen molar-refractivity contribution in [1.29, 1.82) is 0 Å². The van der Waals surface area contributed by atoms with E-state index < -0.39 is 28.5 Å². The van der Waals surface area contributed by atoms with Crippen LogP contribution in [-0.4, -0.2) is 43.8 Å². The Morgan fingerprint density at radius 2 is 1.52 bits per heavy atom. The van der Waals surface area contributed by atoms with Gasteiger partial charge in [0.2, 0.25) is 11.8 Å². The van der Waals surface area contributed by atoms with Crippen molar-refractivity contribution in [3.8, 4) is 0 Å². The fourth-order valence-electron chi connectivity index (χ4n) is 4.05. The molecule has 0 heterocycles. The van der Waals surface area contributed by atoms with Crippen LogP contribution >= 0.6 is 34.8 Å². The molecule has 3 aromatic carbocycles. The van der Waals surface area contributed by atoms with Crippen molar-refractivity contribution in [2.24, 2.45) is 0 Å². The molecule has 3 rings (SSSR count).